The van der Waals surface area contributed by atoms with E-state index in [-0.39, 0.29) is 12.4 Å². The highest BCUT2D eigenvalue weighted by atomic mass is 35.5. The van der Waals surface area contributed by atoms with Crippen LogP contribution in [0.2, 0.25) is 0 Å². The number of carbonyl (C=O) groups is 1. The number of aryl methyl sites for hydroxylation is 1. The third-order valence-electron chi connectivity index (χ3n) is 1.49. The van der Waals surface area contributed by atoms with E-state index in [1.807, 2.05) is 13.0 Å². The Morgan fingerprint density at radius 3 is 2.85 bits per heavy atom. The Labute approximate surface area is 82.5 Å². The molecule has 4 heteroatoms. The molecule has 1 rings (SSSR count). The summed E-state index contributed by atoms with van der Waals surface area (Å²) in [6.07, 6.45) is 5.94. The lowest BCUT2D eigenvalue weighted by molar-refractivity contribution is -0.131. The van der Waals surface area contributed by atoms with Gasteiger partial charge >= 0.3 is 5.97 Å². The van der Waals surface area contributed by atoms with Gasteiger partial charge in [0, 0.05) is 18.5 Å². The molecule has 0 aliphatic carbocycles. The molecule has 0 spiro atoms. The van der Waals surface area contributed by atoms with Crippen LogP contribution in [0.4, 0.5) is 0 Å². The number of hydrogen-bond donors (Lipinski definition) is 1. The Kier molecular flexibility index (Phi) is 4.77. The fraction of sp³-hybridized carbons (Fsp3) is 0.111. The molecule has 0 aliphatic heterocycles. The van der Waals surface area contributed by atoms with Crippen LogP contribution in [-0.2, 0) is 4.79 Å². The SMILES string of the molecule is Cc1ccncc1/C=C/C(=O)O.Cl. The van der Waals surface area contributed by atoms with Crippen molar-refractivity contribution in [1.82, 2.24) is 4.98 Å². The molecule has 3 nitrogen and oxygen atoms in total. The van der Waals surface area contributed by atoms with E-state index in [9.17, 15) is 4.79 Å². The summed E-state index contributed by atoms with van der Waals surface area (Å²) in [6.45, 7) is 1.91. The van der Waals surface area contributed by atoms with Gasteiger partial charge in [-0.3, -0.25) is 4.98 Å². The average molecular weight is 200 g/mol. The van der Waals surface area contributed by atoms with Crippen LogP contribution in [0, 0.1) is 6.92 Å². The number of rotatable bonds is 2. The number of hydrogen-bond acceptors (Lipinski definition) is 2. The first-order valence-electron chi connectivity index (χ1n) is 3.52. The van der Waals surface area contributed by atoms with Crippen LogP contribution >= 0.6 is 12.4 Å². The minimum atomic E-state index is -0.946. The van der Waals surface area contributed by atoms with E-state index in [0.29, 0.717) is 0 Å². The molecule has 1 heterocycles. The van der Waals surface area contributed by atoms with Crippen molar-refractivity contribution in [2.24, 2.45) is 0 Å². The topological polar surface area (TPSA) is 50.2 Å². The number of halogens is 1. The van der Waals surface area contributed by atoms with Crippen molar-refractivity contribution >= 4 is 24.5 Å². The smallest absolute Gasteiger partial charge is 0.328 e. The second kappa shape index (κ2) is 5.32. The van der Waals surface area contributed by atoms with Gasteiger partial charge in [-0.1, -0.05) is 0 Å². The third kappa shape index (κ3) is 3.71. The van der Waals surface area contributed by atoms with Crippen LogP contribution in [0.25, 0.3) is 6.08 Å². The number of carboxylic acid groups (broad SMARTS) is 1. The normalized spacial score (nSPS) is 9.62. The van der Waals surface area contributed by atoms with Crippen molar-refractivity contribution < 1.29 is 9.90 Å². The Morgan fingerprint density at radius 2 is 2.31 bits per heavy atom. The Morgan fingerprint density at radius 1 is 1.62 bits per heavy atom. The first kappa shape index (κ1) is 11.6. The molecule has 1 aromatic rings. The number of aromatic nitrogens is 1. The number of pyridine rings is 1. The monoisotopic (exact) mass is 199 g/mol. The summed E-state index contributed by atoms with van der Waals surface area (Å²) in [6, 6.07) is 1.83. The van der Waals surface area contributed by atoms with Gasteiger partial charge in [-0.25, -0.2) is 4.79 Å². The molecular formula is C9H10ClNO2. The molecule has 0 aromatic carbocycles. The Balaban J connectivity index is 0.00000144. The van der Waals surface area contributed by atoms with Crippen LogP contribution in [0.3, 0.4) is 0 Å². The van der Waals surface area contributed by atoms with E-state index in [4.69, 9.17) is 5.11 Å². The second-order valence-electron chi connectivity index (χ2n) is 2.40. The first-order valence-corrected chi connectivity index (χ1v) is 3.52. The van der Waals surface area contributed by atoms with Crippen LogP contribution < -0.4 is 0 Å². The standard InChI is InChI=1S/C9H9NO2.ClH/c1-7-4-5-10-6-8(7)2-3-9(11)12;/h2-6H,1H3,(H,11,12);1H/b3-2+;. The average Bonchev–Trinajstić information content (AvgIpc) is 2.03. The summed E-state index contributed by atoms with van der Waals surface area (Å²) in [7, 11) is 0. The maximum Gasteiger partial charge on any atom is 0.328 e. The molecule has 0 aliphatic rings. The lowest BCUT2D eigenvalue weighted by Gasteiger charge is -1.95. The second-order valence-corrected chi connectivity index (χ2v) is 2.40. The molecule has 0 saturated heterocycles. The number of nitrogens with zero attached hydrogens (tertiary/aromatic N) is 1. The van der Waals surface area contributed by atoms with E-state index in [1.165, 1.54) is 6.08 Å². The number of carboxylic acids is 1. The van der Waals surface area contributed by atoms with Crippen LogP contribution in [-0.4, -0.2) is 16.1 Å². The van der Waals surface area contributed by atoms with Gasteiger partial charge in [0.25, 0.3) is 0 Å². The van der Waals surface area contributed by atoms with Crippen molar-refractivity contribution in [3.8, 4) is 0 Å². The van der Waals surface area contributed by atoms with Gasteiger partial charge in [0.2, 0.25) is 0 Å². The maximum absolute atomic E-state index is 10.2. The molecule has 1 N–H and O–H groups in total. The molecule has 0 fully saturated rings. The Bertz CT molecular complexity index is 323. The third-order valence-corrected chi connectivity index (χ3v) is 1.49. The van der Waals surface area contributed by atoms with Gasteiger partial charge in [0.15, 0.2) is 0 Å². The molecule has 0 saturated carbocycles. The lowest BCUT2D eigenvalue weighted by atomic mass is 10.1. The highest BCUT2D eigenvalue weighted by Gasteiger charge is 1.92. The molecular weight excluding hydrogens is 190 g/mol. The fourth-order valence-corrected chi connectivity index (χ4v) is 0.812. The van der Waals surface area contributed by atoms with E-state index in [2.05, 4.69) is 4.98 Å². The summed E-state index contributed by atoms with van der Waals surface area (Å²) >= 11 is 0. The van der Waals surface area contributed by atoms with Crippen molar-refractivity contribution in [1.29, 1.82) is 0 Å². The van der Waals surface area contributed by atoms with Crippen LogP contribution in [0.5, 0.6) is 0 Å². The van der Waals surface area contributed by atoms with Crippen molar-refractivity contribution in [2.45, 2.75) is 6.92 Å². The lowest BCUT2D eigenvalue weighted by Crippen LogP contribution is -1.87. The zero-order valence-electron chi connectivity index (χ0n) is 7.10. The summed E-state index contributed by atoms with van der Waals surface area (Å²) < 4.78 is 0. The maximum atomic E-state index is 10.2. The summed E-state index contributed by atoms with van der Waals surface area (Å²) in [5, 5.41) is 8.36. The molecule has 0 amide bonds. The molecule has 0 unspecified atom stereocenters. The predicted molar refractivity (Wildman–Crippen MR) is 52.9 cm³/mol. The summed E-state index contributed by atoms with van der Waals surface area (Å²) in [4.78, 5) is 14.1. The Hall–Kier alpha value is -1.35. The molecule has 0 radical (unpaired) electrons. The first-order chi connectivity index (χ1) is 5.70. The molecule has 70 valence electrons. The van der Waals surface area contributed by atoms with E-state index >= 15 is 0 Å². The predicted octanol–water partition coefficient (Wildman–Crippen LogP) is 1.91. The molecule has 0 bridgehead atoms. The van der Waals surface area contributed by atoms with Gasteiger partial charge in [-0.2, -0.15) is 0 Å². The minimum Gasteiger partial charge on any atom is -0.478 e. The van der Waals surface area contributed by atoms with Crippen LogP contribution in [0.1, 0.15) is 11.1 Å². The van der Waals surface area contributed by atoms with Gasteiger partial charge in [-0.15, -0.1) is 12.4 Å². The number of aliphatic carboxylic acids is 1. The highest BCUT2D eigenvalue weighted by Crippen LogP contribution is 2.06. The van der Waals surface area contributed by atoms with E-state index in [0.717, 1.165) is 17.2 Å². The highest BCUT2D eigenvalue weighted by molar-refractivity contribution is 5.85. The van der Waals surface area contributed by atoms with Gasteiger partial charge in [-0.05, 0) is 30.2 Å². The quantitative estimate of drug-likeness (QED) is 0.741. The van der Waals surface area contributed by atoms with Crippen molar-refractivity contribution in [3.63, 3.8) is 0 Å². The fourth-order valence-electron chi connectivity index (χ4n) is 0.812. The molecule has 13 heavy (non-hydrogen) atoms. The van der Waals surface area contributed by atoms with Gasteiger partial charge in [0.05, 0.1) is 0 Å². The van der Waals surface area contributed by atoms with Gasteiger partial charge < -0.3 is 5.11 Å². The summed E-state index contributed by atoms with van der Waals surface area (Å²) in [5.74, 6) is -0.946. The molecule has 1 aromatic heterocycles. The van der Waals surface area contributed by atoms with E-state index in [1.54, 1.807) is 12.4 Å². The van der Waals surface area contributed by atoms with Crippen molar-refractivity contribution in [2.75, 3.05) is 0 Å². The van der Waals surface area contributed by atoms with Crippen LogP contribution in [0.15, 0.2) is 24.5 Å². The minimum absolute atomic E-state index is 0. The largest absolute Gasteiger partial charge is 0.478 e. The molecule has 0 atom stereocenters. The zero-order chi connectivity index (χ0) is 8.97. The summed E-state index contributed by atoms with van der Waals surface area (Å²) in [5.41, 5.74) is 1.85. The zero-order valence-corrected chi connectivity index (χ0v) is 7.91. The van der Waals surface area contributed by atoms with Crippen molar-refractivity contribution in [3.05, 3.63) is 35.7 Å². The van der Waals surface area contributed by atoms with Gasteiger partial charge in [0.1, 0.15) is 0 Å². The van der Waals surface area contributed by atoms with E-state index < -0.39 is 5.97 Å².